The summed E-state index contributed by atoms with van der Waals surface area (Å²) in [7, 11) is 0. The predicted molar refractivity (Wildman–Crippen MR) is 112 cm³/mol. The van der Waals surface area contributed by atoms with E-state index in [9.17, 15) is 9.59 Å². The predicted octanol–water partition coefficient (Wildman–Crippen LogP) is 4.31. The zero-order valence-electron chi connectivity index (χ0n) is 15.8. The molecule has 1 atom stereocenters. The highest BCUT2D eigenvalue weighted by atomic mass is 16.1. The van der Waals surface area contributed by atoms with Gasteiger partial charge in [-0.15, -0.1) is 0 Å². The molecule has 2 N–H and O–H groups in total. The molecule has 5 heteroatoms. The number of carbonyl (C=O) groups is 2. The second-order valence-corrected chi connectivity index (χ2v) is 6.76. The van der Waals surface area contributed by atoms with Crippen molar-refractivity contribution in [3.63, 3.8) is 0 Å². The molecular formula is C23H23N3O2. The molecule has 3 rings (SSSR count). The fourth-order valence-corrected chi connectivity index (χ4v) is 3.20. The number of hydrogen-bond acceptors (Lipinski definition) is 4. The molecule has 1 heterocycles. The first-order valence-electron chi connectivity index (χ1n) is 9.31. The normalized spacial score (nSPS) is 15.2. The van der Waals surface area contributed by atoms with Crippen molar-refractivity contribution in [1.29, 1.82) is 5.41 Å². The smallest absolute Gasteiger partial charge is 0.221 e. The summed E-state index contributed by atoms with van der Waals surface area (Å²) in [6.07, 6.45) is 5.18. The van der Waals surface area contributed by atoms with Crippen LogP contribution in [-0.2, 0) is 16.0 Å². The Labute approximate surface area is 164 Å². The van der Waals surface area contributed by atoms with Crippen molar-refractivity contribution >= 4 is 29.3 Å². The van der Waals surface area contributed by atoms with Crippen LogP contribution in [0.25, 0.3) is 0 Å². The number of amides is 1. The quantitative estimate of drug-likeness (QED) is 0.676. The van der Waals surface area contributed by atoms with Crippen LogP contribution in [0.1, 0.15) is 36.9 Å². The van der Waals surface area contributed by atoms with Crippen LogP contribution in [0.4, 0.5) is 5.69 Å². The lowest BCUT2D eigenvalue weighted by molar-refractivity contribution is -0.114. The van der Waals surface area contributed by atoms with Gasteiger partial charge >= 0.3 is 0 Å². The summed E-state index contributed by atoms with van der Waals surface area (Å²) in [5.41, 5.74) is 3.55. The van der Waals surface area contributed by atoms with Gasteiger partial charge < -0.3 is 5.32 Å². The van der Waals surface area contributed by atoms with E-state index in [1.54, 1.807) is 12.3 Å². The molecule has 1 unspecified atom stereocenters. The maximum absolute atomic E-state index is 12.5. The number of aliphatic imine (C=N–C) groups is 1. The van der Waals surface area contributed by atoms with Gasteiger partial charge in [0.15, 0.2) is 5.78 Å². The van der Waals surface area contributed by atoms with E-state index in [2.05, 4.69) is 10.3 Å². The monoisotopic (exact) mass is 373 g/mol. The van der Waals surface area contributed by atoms with E-state index in [1.807, 2.05) is 54.6 Å². The molecule has 0 radical (unpaired) electrons. The van der Waals surface area contributed by atoms with Crippen LogP contribution in [0.5, 0.6) is 0 Å². The third-order valence-electron chi connectivity index (χ3n) is 4.61. The number of ketones is 1. The number of benzene rings is 2. The van der Waals surface area contributed by atoms with Crippen LogP contribution in [0, 0.1) is 5.41 Å². The van der Waals surface area contributed by atoms with Crippen molar-refractivity contribution in [1.82, 2.24) is 0 Å². The number of anilines is 1. The summed E-state index contributed by atoms with van der Waals surface area (Å²) >= 11 is 0. The van der Waals surface area contributed by atoms with Gasteiger partial charge in [-0.1, -0.05) is 42.5 Å². The summed E-state index contributed by atoms with van der Waals surface area (Å²) < 4.78 is 0. The minimum atomic E-state index is -0.265. The Balaban J connectivity index is 1.52. The standard InChI is InChI=1S/C23H23N3O2/c1-16(27)26-19-12-10-17(11-13-19)6-5-9-21(28)22(24)20-14-15-25-23(20)18-7-3-2-4-8-18/h2-4,7-8,10-15,23-24H,5-6,9H2,1H3,(H,26,27). The molecule has 1 amide bonds. The van der Waals surface area contributed by atoms with E-state index in [4.69, 9.17) is 5.41 Å². The second-order valence-electron chi connectivity index (χ2n) is 6.76. The molecule has 142 valence electrons. The lowest BCUT2D eigenvalue weighted by Gasteiger charge is -2.14. The summed E-state index contributed by atoms with van der Waals surface area (Å²) in [6, 6.07) is 17.1. The average Bonchev–Trinajstić information content (AvgIpc) is 3.18. The van der Waals surface area contributed by atoms with E-state index in [0.29, 0.717) is 18.4 Å². The van der Waals surface area contributed by atoms with Crippen molar-refractivity contribution in [3.05, 3.63) is 77.4 Å². The SMILES string of the molecule is CC(=O)Nc1ccc(CCCC(=O)C(=N)C2=CC=NC2c2ccccc2)cc1. The van der Waals surface area contributed by atoms with Crippen molar-refractivity contribution in [2.75, 3.05) is 5.32 Å². The number of hydrogen-bond donors (Lipinski definition) is 2. The molecule has 0 aliphatic carbocycles. The topological polar surface area (TPSA) is 82.4 Å². The number of aryl methyl sites for hydroxylation is 1. The summed E-state index contributed by atoms with van der Waals surface area (Å²) in [5, 5.41) is 11.0. The zero-order chi connectivity index (χ0) is 19.9. The Bertz CT molecular complexity index is 928. The molecule has 2 aromatic carbocycles. The van der Waals surface area contributed by atoms with E-state index < -0.39 is 0 Å². The van der Waals surface area contributed by atoms with E-state index in [1.165, 1.54) is 6.92 Å². The van der Waals surface area contributed by atoms with Gasteiger partial charge in [0.25, 0.3) is 0 Å². The Morgan fingerprint density at radius 3 is 2.46 bits per heavy atom. The third-order valence-corrected chi connectivity index (χ3v) is 4.61. The van der Waals surface area contributed by atoms with Gasteiger partial charge in [0.05, 0.1) is 0 Å². The highest BCUT2D eigenvalue weighted by molar-refractivity contribution is 6.45. The van der Waals surface area contributed by atoms with Gasteiger partial charge in [-0.05, 0) is 42.2 Å². The average molecular weight is 373 g/mol. The maximum atomic E-state index is 12.5. The van der Waals surface area contributed by atoms with Gasteiger partial charge in [-0.3, -0.25) is 20.0 Å². The molecule has 28 heavy (non-hydrogen) atoms. The van der Waals surface area contributed by atoms with Gasteiger partial charge in [-0.25, -0.2) is 0 Å². The summed E-state index contributed by atoms with van der Waals surface area (Å²) in [4.78, 5) is 28.0. The van der Waals surface area contributed by atoms with Gasteiger partial charge in [0.2, 0.25) is 5.91 Å². The van der Waals surface area contributed by atoms with Crippen molar-refractivity contribution in [2.24, 2.45) is 4.99 Å². The molecule has 0 saturated carbocycles. The highest BCUT2D eigenvalue weighted by Gasteiger charge is 2.25. The molecule has 1 aliphatic heterocycles. The molecule has 0 saturated heterocycles. The zero-order valence-corrected chi connectivity index (χ0v) is 15.8. The minimum absolute atomic E-state index is 0.0485. The van der Waals surface area contributed by atoms with Gasteiger partial charge in [0.1, 0.15) is 11.8 Å². The Kier molecular flexibility index (Phi) is 6.27. The van der Waals surface area contributed by atoms with Gasteiger partial charge in [-0.2, -0.15) is 0 Å². The van der Waals surface area contributed by atoms with Gasteiger partial charge in [0, 0.05) is 30.8 Å². The molecule has 0 fully saturated rings. The highest BCUT2D eigenvalue weighted by Crippen LogP contribution is 2.29. The molecule has 5 nitrogen and oxygen atoms in total. The lowest BCUT2D eigenvalue weighted by Crippen LogP contribution is -2.18. The van der Waals surface area contributed by atoms with Crippen LogP contribution in [0.3, 0.4) is 0 Å². The fraction of sp³-hybridized carbons (Fsp3) is 0.217. The van der Waals surface area contributed by atoms with Crippen LogP contribution < -0.4 is 5.32 Å². The second kappa shape index (κ2) is 9.04. The van der Waals surface area contributed by atoms with E-state index in [-0.39, 0.29) is 23.4 Å². The summed E-state index contributed by atoms with van der Waals surface area (Å²) in [5.74, 6) is -0.261. The molecule has 2 aromatic rings. The number of Topliss-reactive ketones (excluding diaryl/α,β-unsaturated/α-hetero) is 1. The number of nitrogens with zero attached hydrogens (tertiary/aromatic N) is 1. The lowest BCUT2D eigenvalue weighted by atomic mass is 9.93. The molecule has 1 aliphatic rings. The number of nitrogens with one attached hydrogen (secondary N) is 2. The number of rotatable bonds is 8. The minimum Gasteiger partial charge on any atom is -0.326 e. The van der Waals surface area contributed by atoms with Crippen LogP contribution in [0.15, 0.2) is 71.2 Å². The first-order chi connectivity index (χ1) is 13.5. The summed E-state index contributed by atoms with van der Waals surface area (Å²) in [6.45, 7) is 1.47. The molecule has 0 spiro atoms. The van der Waals surface area contributed by atoms with Crippen molar-refractivity contribution in [2.45, 2.75) is 32.2 Å². The fourth-order valence-electron chi connectivity index (χ4n) is 3.20. The largest absolute Gasteiger partial charge is 0.326 e. The van der Waals surface area contributed by atoms with E-state index >= 15 is 0 Å². The maximum Gasteiger partial charge on any atom is 0.221 e. The van der Waals surface area contributed by atoms with Crippen LogP contribution in [0.2, 0.25) is 0 Å². The Morgan fingerprint density at radius 1 is 1.07 bits per heavy atom. The molecule has 0 bridgehead atoms. The molecule has 0 aromatic heterocycles. The third kappa shape index (κ3) is 4.88. The Morgan fingerprint density at radius 2 is 1.79 bits per heavy atom. The number of carbonyl (C=O) groups excluding carboxylic acids is 2. The number of allylic oxidation sites excluding steroid dienone is 1. The van der Waals surface area contributed by atoms with Crippen molar-refractivity contribution in [3.8, 4) is 0 Å². The molecular weight excluding hydrogens is 350 g/mol. The van der Waals surface area contributed by atoms with Crippen LogP contribution >= 0.6 is 0 Å². The van der Waals surface area contributed by atoms with Crippen molar-refractivity contribution < 1.29 is 9.59 Å². The Hall–Kier alpha value is -3.34. The van der Waals surface area contributed by atoms with E-state index in [0.717, 1.165) is 23.2 Å². The first-order valence-corrected chi connectivity index (χ1v) is 9.31. The first kappa shape index (κ1) is 19.4. The van der Waals surface area contributed by atoms with Crippen LogP contribution in [-0.4, -0.2) is 23.6 Å².